The van der Waals surface area contributed by atoms with Crippen molar-refractivity contribution < 1.29 is 14.3 Å². The van der Waals surface area contributed by atoms with E-state index < -0.39 is 0 Å². The van der Waals surface area contributed by atoms with Gasteiger partial charge in [0.25, 0.3) is 0 Å². The van der Waals surface area contributed by atoms with Gasteiger partial charge < -0.3 is 14.4 Å². The van der Waals surface area contributed by atoms with Crippen LogP contribution in [-0.4, -0.2) is 61.8 Å². The van der Waals surface area contributed by atoms with E-state index in [1.54, 1.807) is 7.11 Å². The molecule has 5 nitrogen and oxygen atoms in total. The lowest BCUT2D eigenvalue weighted by molar-refractivity contribution is 0.0904. The van der Waals surface area contributed by atoms with Gasteiger partial charge in [0.2, 0.25) is 0 Å². The first kappa shape index (κ1) is 19.3. The van der Waals surface area contributed by atoms with Gasteiger partial charge in [0.15, 0.2) is 0 Å². The molecule has 1 atom stereocenters. The normalized spacial score (nSPS) is 21.9. The third-order valence-corrected chi connectivity index (χ3v) is 5.74. The molecule has 6 heteroatoms. The average Bonchev–Trinajstić information content (AvgIpc) is 2.98. The third-order valence-electron chi connectivity index (χ3n) is 5.37. The lowest BCUT2D eigenvalue weighted by atomic mass is 9.90. The first-order chi connectivity index (χ1) is 12.6. The van der Waals surface area contributed by atoms with E-state index in [9.17, 15) is 4.79 Å². The fourth-order valence-corrected chi connectivity index (χ4v) is 4.12. The molecule has 0 saturated carbocycles. The molecule has 1 aromatic rings. The van der Waals surface area contributed by atoms with E-state index in [1.165, 1.54) is 5.56 Å². The molecule has 2 fully saturated rings. The number of ether oxygens (including phenoxy) is 2. The Morgan fingerprint density at radius 1 is 1.31 bits per heavy atom. The smallest absolute Gasteiger partial charge is 0.410 e. The summed E-state index contributed by atoms with van der Waals surface area (Å²) in [4.78, 5) is 16.1. The van der Waals surface area contributed by atoms with Gasteiger partial charge >= 0.3 is 6.09 Å². The number of rotatable bonds is 7. The van der Waals surface area contributed by atoms with Crippen molar-refractivity contribution >= 4 is 17.7 Å². The summed E-state index contributed by atoms with van der Waals surface area (Å²) < 4.78 is 10.8. The summed E-state index contributed by atoms with van der Waals surface area (Å²) in [6.45, 7) is 6.55. The molecule has 1 aromatic carbocycles. The Morgan fingerprint density at radius 2 is 2.08 bits per heavy atom. The maximum Gasteiger partial charge on any atom is 0.410 e. The standard InChI is InChI=1S/C20H29ClN2O3/c1-3-8-23-14-18(26-20(23)24)13-22-9-6-15(7-10-22)11-16-12-17(25-2)4-5-19(16)21/h4-5,12,15,18H,3,6-11,13-14H2,1-2H3. The molecular weight excluding hydrogens is 352 g/mol. The van der Waals surface area contributed by atoms with Crippen molar-refractivity contribution in [2.75, 3.05) is 39.8 Å². The number of halogens is 1. The number of benzene rings is 1. The summed E-state index contributed by atoms with van der Waals surface area (Å²) in [5, 5.41) is 0.821. The maximum absolute atomic E-state index is 11.8. The molecule has 2 heterocycles. The minimum Gasteiger partial charge on any atom is -0.497 e. The van der Waals surface area contributed by atoms with E-state index in [0.29, 0.717) is 5.92 Å². The van der Waals surface area contributed by atoms with E-state index in [1.807, 2.05) is 17.0 Å². The molecule has 2 aliphatic heterocycles. The van der Waals surface area contributed by atoms with Crippen molar-refractivity contribution in [3.8, 4) is 5.75 Å². The van der Waals surface area contributed by atoms with Crippen LogP contribution >= 0.6 is 11.6 Å². The molecule has 0 spiro atoms. The van der Waals surface area contributed by atoms with Crippen LogP contribution in [0.2, 0.25) is 5.02 Å². The Balaban J connectivity index is 1.45. The Labute approximate surface area is 161 Å². The highest BCUT2D eigenvalue weighted by atomic mass is 35.5. The van der Waals surface area contributed by atoms with Gasteiger partial charge in [-0.3, -0.25) is 4.90 Å². The molecule has 2 aliphatic rings. The van der Waals surface area contributed by atoms with Crippen LogP contribution in [0.3, 0.4) is 0 Å². The SMILES string of the molecule is CCCN1CC(CN2CCC(Cc3cc(OC)ccc3Cl)CC2)OC1=O. The van der Waals surface area contributed by atoms with E-state index in [4.69, 9.17) is 21.1 Å². The van der Waals surface area contributed by atoms with Gasteiger partial charge in [-0.2, -0.15) is 0 Å². The third kappa shape index (κ3) is 4.83. The van der Waals surface area contributed by atoms with Gasteiger partial charge in [-0.05, 0) is 68.5 Å². The van der Waals surface area contributed by atoms with E-state index in [2.05, 4.69) is 17.9 Å². The summed E-state index contributed by atoms with van der Waals surface area (Å²) >= 11 is 6.35. The molecule has 26 heavy (non-hydrogen) atoms. The Bertz CT molecular complexity index is 617. The topological polar surface area (TPSA) is 42.0 Å². The number of carbonyl (C=O) groups is 1. The number of carbonyl (C=O) groups excluding carboxylic acids is 1. The van der Waals surface area contributed by atoms with Crippen molar-refractivity contribution in [3.63, 3.8) is 0 Å². The number of likely N-dealkylation sites (tertiary alicyclic amines) is 1. The highest BCUT2D eigenvalue weighted by molar-refractivity contribution is 6.31. The molecule has 1 unspecified atom stereocenters. The van der Waals surface area contributed by atoms with Gasteiger partial charge in [0, 0.05) is 18.1 Å². The Kier molecular flexibility index (Phi) is 6.65. The largest absolute Gasteiger partial charge is 0.497 e. The maximum atomic E-state index is 11.8. The van der Waals surface area contributed by atoms with Crippen molar-refractivity contribution in [2.24, 2.45) is 5.92 Å². The predicted molar refractivity (Wildman–Crippen MR) is 103 cm³/mol. The second-order valence-corrected chi connectivity index (χ2v) is 7.76. The van der Waals surface area contributed by atoms with E-state index in [-0.39, 0.29) is 12.2 Å². The Hall–Kier alpha value is -1.46. The van der Waals surface area contributed by atoms with Gasteiger partial charge in [0.1, 0.15) is 11.9 Å². The molecule has 1 amide bonds. The van der Waals surface area contributed by atoms with Gasteiger partial charge in [-0.25, -0.2) is 4.79 Å². The quantitative estimate of drug-likeness (QED) is 0.720. The van der Waals surface area contributed by atoms with Gasteiger partial charge in [0.05, 0.1) is 13.7 Å². The zero-order valence-corrected chi connectivity index (χ0v) is 16.5. The zero-order valence-electron chi connectivity index (χ0n) is 15.7. The average molecular weight is 381 g/mol. The zero-order chi connectivity index (χ0) is 18.5. The molecule has 0 bridgehead atoms. The minimum atomic E-state index is -0.153. The highest BCUT2D eigenvalue weighted by Crippen LogP contribution is 2.28. The number of cyclic esters (lactones) is 1. The summed E-state index contributed by atoms with van der Waals surface area (Å²) in [5.41, 5.74) is 1.17. The predicted octanol–water partition coefficient (Wildman–Crippen LogP) is 3.83. The highest BCUT2D eigenvalue weighted by Gasteiger charge is 2.32. The fraction of sp³-hybridized carbons (Fsp3) is 0.650. The number of amides is 1. The number of methoxy groups -OCH3 is 1. The van der Waals surface area contributed by atoms with Gasteiger partial charge in [-0.1, -0.05) is 18.5 Å². The summed E-state index contributed by atoms with van der Waals surface area (Å²) in [6, 6.07) is 5.87. The molecule has 0 aliphatic carbocycles. The van der Waals surface area contributed by atoms with E-state index in [0.717, 1.165) is 69.2 Å². The molecule has 3 rings (SSSR count). The van der Waals surface area contributed by atoms with Crippen LogP contribution in [0.25, 0.3) is 0 Å². The fourth-order valence-electron chi connectivity index (χ4n) is 3.93. The first-order valence-electron chi connectivity index (χ1n) is 9.59. The van der Waals surface area contributed by atoms with Crippen LogP contribution in [0.1, 0.15) is 31.7 Å². The van der Waals surface area contributed by atoms with Crippen LogP contribution < -0.4 is 4.74 Å². The van der Waals surface area contributed by atoms with Crippen LogP contribution in [-0.2, 0) is 11.2 Å². The molecule has 144 valence electrons. The van der Waals surface area contributed by atoms with Crippen molar-refractivity contribution in [2.45, 2.75) is 38.7 Å². The second kappa shape index (κ2) is 8.96. The number of hydrogen-bond acceptors (Lipinski definition) is 4. The lowest BCUT2D eigenvalue weighted by Crippen LogP contribution is -2.40. The van der Waals surface area contributed by atoms with Crippen LogP contribution in [0.15, 0.2) is 18.2 Å². The molecule has 0 aromatic heterocycles. The van der Waals surface area contributed by atoms with Crippen LogP contribution in [0, 0.1) is 5.92 Å². The summed E-state index contributed by atoms with van der Waals surface area (Å²) in [7, 11) is 1.68. The summed E-state index contributed by atoms with van der Waals surface area (Å²) in [5.74, 6) is 1.50. The first-order valence-corrected chi connectivity index (χ1v) is 9.97. The minimum absolute atomic E-state index is 0.0124. The van der Waals surface area contributed by atoms with E-state index >= 15 is 0 Å². The lowest BCUT2D eigenvalue weighted by Gasteiger charge is -2.33. The molecule has 2 saturated heterocycles. The molecular formula is C20H29ClN2O3. The van der Waals surface area contributed by atoms with Crippen molar-refractivity contribution in [3.05, 3.63) is 28.8 Å². The van der Waals surface area contributed by atoms with Crippen LogP contribution in [0.4, 0.5) is 4.79 Å². The molecule has 0 radical (unpaired) electrons. The van der Waals surface area contributed by atoms with Crippen molar-refractivity contribution in [1.29, 1.82) is 0 Å². The number of nitrogens with zero attached hydrogens (tertiary/aromatic N) is 2. The monoisotopic (exact) mass is 380 g/mol. The van der Waals surface area contributed by atoms with Crippen LogP contribution in [0.5, 0.6) is 5.75 Å². The molecule has 0 N–H and O–H groups in total. The second-order valence-electron chi connectivity index (χ2n) is 7.36. The van der Waals surface area contributed by atoms with Crippen molar-refractivity contribution in [1.82, 2.24) is 9.80 Å². The van der Waals surface area contributed by atoms with Gasteiger partial charge in [-0.15, -0.1) is 0 Å². The Morgan fingerprint density at radius 3 is 2.77 bits per heavy atom. The number of hydrogen-bond donors (Lipinski definition) is 0. The number of piperidine rings is 1. The summed E-state index contributed by atoms with van der Waals surface area (Å²) in [6.07, 6.45) is 4.12.